The molecule has 1 aromatic carbocycles. The summed E-state index contributed by atoms with van der Waals surface area (Å²) in [4.78, 5) is 0. The standard InChI is InChI=1S/C17H25NO3/c1-17(7-3-2-4-8-17)11-18-10-14(19)13-5-6-15-16(9-13)21-12-20-15/h5-6,9,14,18-19H,2-4,7-8,10-12H2,1H3. The zero-order valence-corrected chi connectivity index (χ0v) is 12.7. The molecule has 1 heterocycles. The normalized spacial score (nSPS) is 21.2. The Morgan fingerprint density at radius 1 is 1.19 bits per heavy atom. The highest BCUT2D eigenvalue weighted by molar-refractivity contribution is 5.45. The summed E-state index contributed by atoms with van der Waals surface area (Å²) < 4.78 is 10.6. The molecule has 2 N–H and O–H groups in total. The van der Waals surface area contributed by atoms with Gasteiger partial charge >= 0.3 is 0 Å². The van der Waals surface area contributed by atoms with Crippen LogP contribution in [0, 0.1) is 5.41 Å². The largest absolute Gasteiger partial charge is 0.454 e. The van der Waals surface area contributed by atoms with E-state index in [-0.39, 0.29) is 6.79 Å². The molecule has 116 valence electrons. The molecule has 1 atom stereocenters. The van der Waals surface area contributed by atoms with Crippen molar-refractivity contribution in [1.29, 1.82) is 0 Å². The first kappa shape index (κ1) is 14.7. The average molecular weight is 291 g/mol. The van der Waals surface area contributed by atoms with E-state index in [1.54, 1.807) is 0 Å². The summed E-state index contributed by atoms with van der Waals surface area (Å²) in [6.45, 7) is 4.18. The van der Waals surface area contributed by atoms with Gasteiger partial charge in [-0.2, -0.15) is 0 Å². The van der Waals surface area contributed by atoms with Crippen molar-refractivity contribution in [3.63, 3.8) is 0 Å². The molecule has 0 spiro atoms. The maximum atomic E-state index is 10.3. The second kappa shape index (κ2) is 6.24. The quantitative estimate of drug-likeness (QED) is 0.875. The topological polar surface area (TPSA) is 50.7 Å². The second-order valence-electron chi connectivity index (χ2n) is 6.63. The van der Waals surface area contributed by atoms with Gasteiger partial charge in [0.25, 0.3) is 0 Å². The van der Waals surface area contributed by atoms with Crippen LogP contribution in [0.5, 0.6) is 11.5 Å². The molecule has 0 saturated heterocycles. The van der Waals surface area contributed by atoms with Gasteiger partial charge in [-0.25, -0.2) is 0 Å². The van der Waals surface area contributed by atoms with Gasteiger partial charge < -0.3 is 19.9 Å². The Morgan fingerprint density at radius 3 is 2.76 bits per heavy atom. The van der Waals surface area contributed by atoms with E-state index in [1.807, 2.05) is 18.2 Å². The summed E-state index contributed by atoms with van der Waals surface area (Å²) in [6, 6.07) is 5.64. The van der Waals surface area contributed by atoms with Crippen LogP contribution in [0.3, 0.4) is 0 Å². The Kier molecular flexibility index (Phi) is 4.36. The van der Waals surface area contributed by atoms with E-state index in [1.165, 1.54) is 32.1 Å². The number of hydrogen-bond acceptors (Lipinski definition) is 4. The maximum absolute atomic E-state index is 10.3. The molecular weight excluding hydrogens is 266 g/mol. The predicted molar refractivity (Wildman–Crippen MR) is 81.6 cm³/mol. The van der Waals surface area contributed by atoms with E-state index in [4.69, 9.17) is 9.47 Å². The van der Waals surface area contributed by atoms with Gasteiger partial charge in [0.1, 0.15) is 0 Å². The van der Waals surface area contributed by atoms with Gasteiger partial charge in [0.05, 0.1) is 6.10 Å². The molecule has 0 aromatic heterocycles. The minimum atomic E-state index is -0.508. The van der Waals surface area contributed by atoms with Crippen molar-refractivity contribution < 1.29 is 14.6 Å². The summed E-state index contributed by atoms with van der Waals surface area (Å²) in [5.41, 5.74) is 1.27. The van der Waals surface area contributed by atoms with Crippen molar-refractivity contribution >= 4 is 0 Å². The Bertz CT molecular complexity index is 483. The van der Waals surface area contributed by atoms with Crippen LogP contribution in [0.15, 0.2) is 18.2 Å². The zero-order valence-electron chi connectivity index (χ0n) is 12.7. The van der Waals surface area contributed by atoms with E-state index < -0.39 is 6.10 Å². The molecule has 1 fully saturated rings. The summed E-state index contributed by atoms with van der Waals surface area (Å²) >= 11 is 0. The second-order valence-corrected chi connectivity index (χ2v) is 6.63. The fourth-order valence-corrected chi connectivity index (χ4v) is 3.33. The van der Waals surface area contributed by atoms with Gasteiger partial charge in [-0.15, -0.1) is 0 Å². The van der Waals surface area contributed by atoms with Crippen molar-refractivity contribution in [1.82, 2.24) is 5.32 Å². The van der Waals surface area contributed by atoms with Crippen LogP contribution in [0.25, 0.3) is 0 Å². The third kappa shape index (κ3) is 3.50. The third-order valence-corrected chi connectivity index (χ3v) is 4.73. The molecule has 1 aromatic rings. The van der Waals surface area contributed by atoms with Crippen LogP contribution in [-0.2, 0) is 0 Å². The number of fused-ring (bicyclic) bond motifs is 1. The molecule has 0 radical (unpaired) electrons. The van der Waals surface area contributed by atoms with Gasteiger partial charge in [0, 0.05) is 13.1 Å². The summed E-state index contributed by atoms with van der Waals surface area (Å²) in [6.07, 6.45) is 6.12. The number of hydrogen-bond donors (Lipinski definition) is 2. The first-order chi connectivity index (χ1) is 10.2. The lowest BCUT2D eigenvalue weighted by Gasteiger charge is -2.34. The van der Waals surface area contributed by atoms with E-state index in [2.05, 4.69) is 12.2 Å². The van der Waals surface area contributed by atoms with E-state index in [0.29, 0.717) is 12.0 Å². The maximum Gasteiger partial charge on any atom is 0.231 e. The molecule has 4 nitrogen and oxygen atoms in total. The van der Waals surface area contributed by atoms with E-state index in [9.17, 15) is 5.11 Å². The minimum Gasteiger partial charge on any atom is -0.454 e. The molecule has 1 unspecified atom stereocenters. The molecule has 1 saturated carbocycles. The molecule has 1 aliphatic heterocycles. The van der Waals surface area contributed by atoms with Gasteiger partial charge in [-0.3, -0.25) is 0 Å². The van der Waals surface area contributed by atoms with Gasteiger partial charge in [0.2, 0.25) is 6.79 Å². The van der Waals surface area contributed by atoms with E-state index >= 15 is 0 Å². The van der Waals surface area contributed by atoms with Crippen LogP contribution in [0.4, 0.5) is 0 Å². The smallest absolute Gasteiger partial charge is 0.231 e. The summed E-state index contributed by atoms with van der Waals surface area (Å²) in [5, 5.41) is 13.7. The lowest BCUT2D eigenvalue weighted by atomic mass is 9.76. The highest BCUT2D eigenvalue weighted by Gasteiger charge is 2.26. The molecular formula is C17H25NO3. The molecule has 2 aliphatic rings. The average Bonchev–Trinajstić information content (AvgIpc) is 2.95. The number of aliphatic hydroxyl groups excluding tert-OH is 1. The summed E-state index contributed by atoms with van der Waals surface area (Å²) in [5.74, 6) is 1.49. The van der Waals surface area contributed by atoms with Crippen molar-refractivity contribution in [3.8, 4) is 11.5 Å². The molecule has 21 heavy (non-hydrogen) atoms. The number of benzene rings is 1. The van der Waals surface area contributed by atoms with Crippen LogP contribution in [-0.4, -0.2) is 25.0 Å². The van der Waals surface area contributed by atoms with Crippen LogP contribution in [0.2, 0.25) is 0 Å². The Labute approximate surface area is 126 Å². The Hall–Kier alpha value is -1.26. The van der Waals surface area contributed by atoms with Crippen molar-refractivity contribution in [2.75, 3.05) is 19.9 Å². The highest BCUT2D eigenvalue weighted by atomic mass is 16.7. The van der Waals surface area contributed by atoms with Gasteiger partial charge in [-0.05, 0) is 36.0 Å². The fraction of sp³-hybridized carbons (Fsp3) is 0.647. The van der Waals surface area contributed by atoms with Crippen molar-refractivity contribution in [2.24, 2.45) is 5.41 Å². The first-order valence-electron chi connectivity index (χ1n) is 7.95. The SMILES string of the molecule is CC1(CNCC(O)c2ccc3c(c2)OCO3)CCCCC1. The van der Waals surface area contributed by atoms with Crippen LogP contribution in [0.1, 0.15) is 50.7 Å². The monoisotopic (exact) mass is 291 g/mol. The van der Waals surface area contributed by atoms with Crippen molar-refractivity contribution in [3.05, 3.63) is 23.8 Å². The molecule has 0 amide bonds. The fourth-order valence-electron chi connectivity index (χ4n) is 3.33. The third-order valence-electron chi connectivity index (χ3n) is 4.73. The van der Waals surface area contributed by atoms with Gasteiger partial charge in [0.15, 0.2) is 11.5 Å². The number of ether oxygens (including phenoxy) is 2. The highest BCUT2D eigenvalue weighted by Crippen LogP contribution is 2.36. The lowest BCUT2D eigenvalue weighted by Crippen LogP contribution is -2.35. The molecule has 1 aliphatic carbocycles. The zero-order chi connectivity index (χ0) is 14.7. The molecule has 0 bridgehead atoms. The molecule has 4 heteroatoms. The van der Waals surface area contributed by atoms with Crippen molar-refractivity contribution in [2.45, 2.75) is 45.1 Å². The Morgan fingerprint density at radius 2 is 1.95 bits per heavy atom. The Balaban J connectivity index is 1.51. The lowest BCUT2D eigenvalue weighted by molar-refractivity contribution is 0.154. The predicted octanol–water partition coefficient (Wildman–Crippen LogP) is 3.01. The van der Waals surface area contributed by atoms with Crippen LogP contribution >= 0.6 is 0 Å². The number of aliphatic hydroxyl groups is 1. The first-order valence-corrected chi connectivity index (χ1v) is 7.95. The number of nitrogens with one attached hydrogen (secondary N) is 1. The summed E-state index contributed by atoms with van der Waals surface area (Å²) in [7, 11) is 0. The molecule has 3 rings (SSSR count). The minimum absolute atomic E-state index is 0.269. The number of rotatable bonds is 5. The van der Waals surface area contributed by atoms with Crippen LogP contribution < -0.4 is 14.8 Å². The van der Waals surface area contributed by atoms with Gasteiger partial charge in [-0.1, -0.05) is 32.3 Å². The van der Waals surface area contributed by atoms with E-state index in [0.717, 1.165) is 23.6 Å².